The Morgan fingerprint density at radius 1 is 0.861 bits per heavy atom. The molecular weight excluding hydrogens is 456 g/mol. The van der Waals surface area contributed by atoms with Crippen LogP contribution in [0.2, 0.25) is 0 Å². The van der Waals surface area contributed by atoms with Gasteiger partial charge in [0.1, 0.15) is 17.7 Å². The minimum absolute atomic E-state index is 0.210. The van der Waals surface area contributed by atoms with Crippen LogP contribution in [0.25, 0.3) is 10.9 Å². The Bertz CT molecular complexity index is 1360. The molecule has 0 atom stereocenters. The van der Waals surface area contributed by atoms with Gasteiger partial charge < -0.3 is 29.7 Å². The minimum Gasteiger partial charge on any atom is -0.497 e. The predicted molar refractivity (Wildman–Crippen MR) is 141 cm³/mol. The first-order valence-electron chi connectivity index (χ1n) is 11.8. The van der Waals surface area contributed by atoms with E-state index in [2.05, 4.69) is 44.6 Å². The Kier molecular flexibility index (Phi) is 6.73. The fourth-order valence-corrected chi connectivity index (χ4v) is 4.15. The summed E-state index contributed by atoms with van der Waals surface area (Å²) in [5, 5.41) is 7.51. The molecule has 186 valence electrons. The van der Waals surface area contributed by atoms with Gasteiger partial charge in [-0.2, -0.15) is 4.98 Å². The van der Waals surface area contributed by atoms with E-state index in [1.807, 2.05) is 42.5 Å². The van der Waals surface area contributed by atoms with Crippen LogP contribution in [-0.2, 0) is 0 Å². The van der Waals surface area contributed by atoms with Gasteiger partial charge in [0.15, 0.2) is 11.5 Å². The van der Waals surface area contributed by atoms with Crippen molar-refractivity contribution < 1.29 is 14.2 Å². The molecule has 5 rings (SSSR count). The number of rotatable bonds is 9. The quantitative estimate of drug-likeness (QED) is 0.339. The molecule has 9 nitrogen and oxygen atoms in total. The highest BCUT2D eigenvalue weighted by atomic mass is 16.5. The van der Waals surface area contributed by atoms with Crippen LogP contribution in [0.3, 0.4) is 0 Å². The molecule has 1 aliphatic carbocycles. The molecule has 1 aliphatic rings. The maximum Gasteiger partial charge on any atom is 0.229 e. The molecule has 36 heavy (non-hydrogen) atoms. The van der Waals surface area contributed by atoms with Crippen LogP contribution in [0.1, 0.15) is 12.8 Å². The van der Waals surface area contributed by atoms with Crippen molar-refractivity contribution in [3.8, 4) is 17.2 Å². The second-order valence-corrected chi connectivity index (χ2v) is 8.99. The van der Waals surface area contributed by atoms with Crippen molar-refractivity contribution >= 4 is 34.0 Å². The molecule has 2 heterocycles. The highest BCUT2D eigenvalue weighted by molar-refractivity contribution is 5.83. The third-order valence-corrected chi connectivity index (χ3v) is 6.33. The zero-order chi connectivity index (χ0) is 25.1. The van der Waals surface area contributed by atoms with Crippen molar-refractivity contribution in [3.05, 3.63) is 60.9 Å². The average molecular weight is 487 g/mol. The van der Waals surface area contributed by atoms with Gasteiger partial charge in [-0.25, -0.2) is 4.98 Å². The third kappa shape index (κ3) is 5.26. The summed E-state index contributed by atoms with van der Waals surface area (Å²) in [4.78, 5) is 15.7. The molecule has 0 spiro atoms. The van der Waals surface area contributed by atoms with E-state index in [4.69, 9.17) is 14.2 Å². The molecule has 2 aromatic heterocycles. The van der Waals surface area contributed by atoms with Gasteiger partial charge in [-0.15, -0.1) is 0 Å². The zero-order valence-electron chi connectivity index (χ0n) is 20.9. The second-order valence-electron chi connectivity index (χ2n) is 8.99. The largest absolute Gasteiger partial charge is 0.497 e. The van der Waals surface area contributed by atoms with E-state index in [0.717, 1.165) is 46.6 Å². The number of ether oxygens (including phenoxy) is 3. The summed E-state index contributed by atoms with van der Waals surface area (Å²) in [6, 6.07) is 15.9. The number of aromatic nitrogens is 3. The molecule has 0 radical (unpaired) electrons. The highest BCUT2D eigenvalue weighted by Gasteiger charge is 2.32. The first-order chi connectivity index (χ1) is 17.5. The molecule has 4 aromatic rings. The fourth-order valence-electron chi connectivity index (χ4n) is 4.15. The molecule has 0 aliphatic heterocycles. The van der Waals surface area contributed by atoms with E-state index in [-0.39, 0.29) is 6.10 Å². The topological polar surface area (TPSA) is 93.7 Å². The van der Waals surface area contributed by atoms with E-state index in [1.54, 1.807) is 32.7 Å². The molecule has 1 fully saturated rings. The summed E-state index contributed by atoms with van der Waals surface area (Å²) in [6.07, 6.45) is 5.72. The van der Waals surface area contributed by atoms with Gasteiger partial charge in [0, 0.05) is 29.4 Å². The van der Waals surface area contributed by atoms with Crippen molar-refractivity contribution in [1.29, 1.82) is 0 Å². The van der Waals surface area contributed by atoms with Crippen molar-refractivity contribution in [2.24, 2.45) is 0 Å². The zero-order valence-corrected chi connectivity index (χ0v) is 20.9. The molecule has 0 bridgehead atoms. The standard InChI is InChI=1S/C27H30N6O3/c1-33(2)20-14-22(15-20)36-24-8-5-18(13-25(24)35-4)31-27-28-10-9-26(32-27)30-19-11-17-12-21(34-3)6-7-23(17)29-16-19/h5-13,16,20,22H,14-15H2,1-4H3,(H2,28,30,31,32). The molecule has 9 heteroatoms. The number of nitrogens with one attached hydrogen (secondary N) is 2. The van der Waals surface area contributed by atoms with Crippen LogP contribution in [0.15, 0.2) is 60.9 Å². The summed E-state index contributed by atoms with van der Waals surface area (Å²) < 4.78 is 17.1. The molecule has 0 amide bonds. The minimum atomic E-state index is 0.210. The van der Waals surface area contributed by atoms with Crippen LogP contribution in [0, 0.1) is 0 Å². The van der Waals surface area contributed by atoms with Crippen LogP contribution in [0.4, 0.5) is 23.1 Å². The number of pyridine rings is 1. The highest BCUT2D eigenvalue weighted by Crippen LogP contribution is 2.36. The molecule has 0 unspecified atom stereocenters. The van der Waals surface area contributed by atoms with Crippen molar-refractivity contribution in [2.75, 3.05) is 38.9 Å². The van der Waals surface area contributed by atoms with Crippen molar-refractivity contribution in [1.82, 2.24) is 19.9 Å². The van der Waals surface area contributed by atoms with Crippen molar-refractivity contribution in [3.63, 3.8) is 0 Å². The maximum atomic E-state index is 6.15. The van der Waals surface area contributed by atoms with Gasteiger partial charge in [0.05, 0.1) is 31.6 Å². The van der Waals surface area contributed by atoms with Crippen LogP contribution in [0.5, 0.6) is 17.2 Å². The van der Waals surface area contributed by atoms with Crippen LogP contribution < -0.4 is 24.8 Å². The van der Waals surface area contributed by atoms with Crippen LogP contribution >= 0.6 is 0 Å². The number of nitrogens with zero attached hydrogens (tertiary/aromatic N) is 4. The summed E-state index contributed by atoms with van der Waals surface area (Å²) in [5.74, 6) is 3.29. The smallest absolute Gasteiger partial charge is 0.229 e. The molecule has 1 saturated carbocycles. The van der Waals surface area contributed by atoms with Gasteiger partial charge in [-0.05, 0) is 69.4 Å². The normalized spacial score (nSPS) is 16.9. The van der Waals surface area contributed by atoms with Gasteiger partial charge in [-0.1, -0.05) is 0 Å². The summed E-state index contributed by atoms with van der Waals surface area (Å²) in [6.45, 7) is 0. The number of anilines is 4. The average Bonchev–Trinajstić information content (AvgIpc) is 2.86. The first kappa shape index (κ1) is 23.6. The van der Waals surface area contributed by atoms with E-state index in [1.165, 1.54) is 0 Å². The lowest BCUT2D eigenvalue weighted by molar-refractivity contribution is 0.0383. The van der Waals surface area contributed by atoms with Gasteiger partial charge in [0.25, 0.3) is 0 Å². The Morgan fingerprint density at radius 3 is 2.50 bits per heavy atom. The Balaban J connectivity index is 1.27. The van der Waals surface area contributed by atoms with Gasteiger partial charge >= 0.3 is 0 Å². The molecule has 0 saturated heterocycles. The second kappa shape index (κ2) is 10.2. The number of fused-ring (bicyclic) bond motifs is 1. The Hall–Kier alpha value is -4.11. The Morgan fingerprint density at radius 2 is 1.72 bits per heavy atom. The lowest BCUT2D eigenvalue weighted by Crippen LogP contribution is -2.46. The van der Waals surface area contributed by atoms with E-state index >= 15 is 0 Å². The maximum absolute atomic E-state index is 6.15. The SMILES string of the molecule is COc1ccc2ncc(Nc3ccnc(Nc4ccc(OC5CC(N(C)C)C5)c(OC)c4)n3)cc2c1. The number of methoxy groups -OCH3 is 2. The lowest BCUT2D eigenvalue weighted by atomic mass is 9.88. The summed E-state index contributed by atoms with van der Waals surface area (Å²) in [7, 11) is 7.50. The van der Waals surface area contributed by atoms with Gasteiger partial charge in [0.2, 0.25) is 5.95 Å². The first-order valence-corrected chi connectivity index (χ1v) is 11.8. The molecular formula is C27H30N6O3. The fraction of sp³-hybridized carbons (Fsp3) is 0.296. The van der Waals surface area contributed by atoms with Crippen molar-refractivity contribution in [2.45, 2.75) is 25.0 Å². The van der Waals surface area contributed by atoms with E-state index < -0.39 is 0 Å². The molecule has 2 aromatic carbocycles. The molecule has 2 N–H and O–H groups in total. The van der Waals surface area contributed by atoms with Gasteiger partial charge in [-0.3, -0.25) is 4.98 Å². The number of hydrogen-bond acceptors (Lipinski definition) is 9. The predicted octanol–water partition coefficient (Wildman–Crippen LogP) is 5.00. The number of hydrogen-bond donors (Lipinski definition) is 2. The van der Waals surface area contributed by atoms with E-state index in [9.17, 15) is 0 Å². The van der Waals surface area contributed by atoms with E-state index in [0.29, 0.717) is 23.6 Å². The number of benzene rings is 2. The summed E-state index contributed by atoms with van der Waals surface area (Å²) in [5.41, 5.74) is 2.51. The lowest BCUT2D eigenvalue weighted by Gasteiger charge is -2.39. The summed E-state index contributed by atoms with van der Waals surface area (Å²) >= 11 is 0. The van der Waals surface area contributed by atoms with Crippen LogP contribution in [-0.4, -0.2) is 60.3 Å². The third-order valence-electron chi connectivity index (χ3n) is 6.33. The Labute approximate surface area is 210 Å². The monoisotopic (exact) mass is 486 g/mol.